The first kappa shape index (κ1) is 21.5. The standard InChI is InChI=1S/C19H29N3O2.ClH/c1-14(2)16(20)11-13-21(3)19(24)17-10-7-12-22(17)18(23)15-8-5-4-6-9-15;/h4-6,8-9,14,16-17H,7,10-13,20H2,1-3H3;1H. The molecule has 1 aromatic rings. The highest BCUT2D eigenvalue weighted by molar-refractivity contribution is 5.97. The lowest BCUT2D eigenvalue weighted by Crippen LogP contribution is -2.47. The number of nitrogens with two attached hydrogens (primary N) is 1. The van der Waals surface area contributed by atoms with Gasteiger partial charge in [0, 0.05) is 31.7 Å². The maximum absolute atomic E-state index is 12.8. The predicted octanol–water partition coefficient (Wildman–Crippen LogP) is 2.54. The van der Waals surface area contributed by atoms with Crippen LogP contribution in [0, 0.1) is 5.92 Å². The number of benzene rings is 1. The highest BCUT2D eigenvalue weighted by atomic mass is 35.5. The van der Waals surface area contributed by atoms with Gasteiger partial charge in [0.1, 0.15) is 6.04 Å². The lowest BCUT2D eigenvalue weighted by Gasteiger charge is -2.29. The third-order valence-corrected chi connectivity index (χ3v) is 4.85. The zero-order valence-corrected chi connectivity index (χ0v) is 16.2. The number of rotatable bonds is 6. The van der Waals surface area contributed by atoms with E-state index in [1.807, 2.05) is 18.2 Å². The molecule has 140 valence electrons. The molecule has 1 aliphatic rings. The van der Waals surface area contributed by atoms with E-state index in [4.69, 9.17) is 5.73 Å². The predicted molar refractivity (Wildman–Crippen MR) is 103 cm³/mol. The molecule has 0 aromatic heterocycles. The topological polar surface area (TPSA) is 66.6 Å². The molecule has 1 aliphatic heterocycles. The van der Waals surface area contributed by atoms with Gasteiger partial charge in [-0.05, 0) is 37.3 Å². The molecule has 2 unspecified atom stereocenters. The average Bonchev–Trinajstić information content (AvgIpc) is 3.08. The second kappa shape index (κ2) is 9.78. The number of hydrogen-bond donors (Lipinski definition) is 1. The maximum Gasteiger partial charge on any atom is 0.254 e. The summed E-state index contributed by atoms with van der Waals surface area (Å²) in [5.74, 6) is 0.364. The minimum atomic E-state index is -0.349. The molecule has 5 nitrogen and oxygen atoms in total. The van der Waals surface area contributed by atoms with Gasteiger partial charge in [-0.3, -0.25) is 9.59 Å². The molecule has 2 rings (SSSR count). The molecule has 1 aromatic carbocycles. The van der Waals surface area contributed by atoms with Gasteiger partial charge in [-0.1, -0.05) is 32.0 Å². The Balaban J connectivity index is 0.00000312. The first-order chi connectivity index (χ1) is 11.4. The number of halogens is 1. The van der Waals surface area contributed by atoms with E-state index in [2.05, 4.69) is 13.8 Å². The summed E-state index contributed by atoms with van der Waals surface area (Å²) in [6, 6.07) is 8.92. The summed E-state index contributed by atoms with van der Waals surface area (Å²) in [6.07, 6.45) is 2.38. The first-order valence-corrected chi connectivity index (χ1v) is 8.78. The molecule has 0 spiro atoms. The highest BCUT2D eigenvalue weighted by Crippen LogP contribution is 2.22. The van der Waals surface area contributed by atoms with E-state index in [1.54, 1.807) is 29.0 Å². The molecular weight excluding hydrogens is 338 g/mol. The molecule has 6 heteroatoms. The van der Waals surface area contributed by atoms with E-state index in [-0.39, 0.29) is 36.3 Å². The summed E-state index contributed by atoms with van der Waals surface area (Å²) < 4.78 is 0. The van der Waals surface area contributed by atoms with Crippen molar-refractivity contribution in [2.24, 2.45) is 11.7 Å². The summed E-state index contributed by atoms with van der Waals surface area (Å²) in [5.41, 5.74) is 6.71. The number of likely N-dealkylation sites (tertiary alicyclic amines) is 1. The molecule has 2 amide bonds. The van der Waals surface area contributed by atoms with Crippen LogP contribution < -0.4 is 5.73 Å². The largest absolute Gasteiger partial charge is 0.344 e. The molecule has 1 heterocycles. The summed E-state index contributed by atoms with van der Waals surface area (Å²) >= 11 is 0. The zero-order chi connectivity index (χ0) is 17.7. The fraction of sp³-hybridized carbons (Fsp3) is 0.579. The van der Waals surface area contributed by atoms with Crippen molar-refractivity contribution in [1.29, 1.82) is 0 Å². The van der Waals surface area contributed by atoms with Crippen LogP contribution in [0.4, 0.5) is 0 Å². The number of carbonyl (C=O) groups excluding carboxylic acids is 2. The molecule has 0 aliphatic carbocycles. The molecule has 0 saturated carbocycles. The van der Waals surface area contributed by atoms with Crippen LogP contribution in [0.1, 0.15) is 43.5 Å². The SMILES string of the molecule is CC(C)C(N)CCN(C)C(=O)C1CCCN1C(=O)c1ccccc1.Cl. The van der Waals surface area contributed by atoms with Crippen LogP contribution in [-0.2, 0) is 4.79 Å². The molecule has 0 radical (unpaired) electrons. The molecule has 2 atom stereocenters. The Kier molecular flexibility index (Phi) is 8.39. The van der Waals surface area contributed by atoms with Crippen LogP contribution in [0.3, 0.4) is 0 Å². The number of amides is 2. The second-order valence-electron chi connectivity index (χ2n) is 6.98. The monoisotopic (exact) mass is 367 g/mol. The summed E-state index contributed by atoms with van der Waals surface area (Å²) in [6.45, 7) is 5.44. The van der Waals surface area contributed by atoms with Gasteiger partial charge in [0.15, 0.2) is 0 Å². The van der Waals surface area contributed by atoms with Crippen LogP contribution in [0.25, 0.3) is 0 Å². The molecular formula is C19H30ClN3O2. The molecule has 0 bridgehead atoms. The van der Waals surface area contributed by atoms with Gasteiger partial charge < -0.3 is 15.5 Å². The van der Waals surface area contributed by atoms with Crippen LogP contribution in [0.5, 0.6) is 0 Å². The smallest absolute Gasteiger partial charge is 0.254 e. The Hall–Kier alpha value is -1.59. The number of nitrogens with zero attached hydrogens (tertiary/aromatic N) is 2. The summed E-state index contributed by atoms with van der Waals surface area (Å²) in [5, 5.41) is 0. The Labute approximate surface area is 157 Å². The van der Waals surface area contributed by atoms with Gasteiger partial charge in [0.25, 0.3) is 5.91 Å². The van der Waals surface area contributed by atoms with Crippen molar-refractivity contribution in [3.63, 3.8) is 0 Å². The quantitative estimate of drug-likeness (QED) is 0.840. The van der Waals surface area contributed by atoms with Crippen molar-refractivity contribution in [3.05, 3.63) is 35.9 Å². The lowest BCUT2D eigenvalue weighted by atomic mass is 10.0. The van der Waals surface area contributed by atoms with Gasteiger partial charge >= 0.3 is 0 Å². The van der Waals surface area contributed by atoms with Crippen molar-refractivity contribution in [2.45, 2.75) is 45.2 Å². The molecule has 1 fully saturated rings. The van der Waals surface area contributed by atoms with Crippen LogP contribution in [0.2, 0.25) is 0 Å². The highest BCUT2D eigenvalue weighted by Gasteiger charge is 2.35. The second-order valence-corrected chi connectivity index (χ2v) is 6.98. The molecule has 25 heavy (non-hydrogen) atoms. The molecule has 1 saturated heterocycles. The Morgan fingerprint density at radius 2 is 1.92 bits per heavy atom. The van der Waals surface area contributed by atoms with Crippen LogP contribution in [0.15, 0.2) is 30.3 Å². The minimum Gasteiger partial charge on any atom is -0.344 e. The summed E-state index contributed by atoms with van der Waals surface area (Å²) in [7, 11) is 1.80. The van der Waals surface area contributed by atoms with Crippen molar-refractivity contribution in [3.8, 4) is 0 Å². The van der Waals surface area contributed by atoms with E-state index in [0.29, 0.717) is 24.6 Å². The Morgan fingerprint density at radius 3 is 2.52 bits per heavy atom. The number of hydrogen-bond acceptors (Lipinski definition) is 3. The minimum absolute atomic E-state index is 0. The van der Waals surface area contributed by atoms with E-state index < -0.39 is 0 Å². The molecule has 2 N–H and O–H groups in total. The zero-order valence-electron chi connectivity index (χ0n) is 15.4. The lowest BCUT2D eigenvalue weighted by molar-refractivity contribution is -0.134. The number of likely N-dealkylation sites (N-methyl/N-ethyl adjacent to an activating group) is 1. The van der Waals surface area contributed by atoms with Gasteiger partial charge in [-0.25, -0.2) is 0 Å². The van der Waals surface area contributed by atoms with Crippen LogP contribution >= 0.6 is 12.4 Å². The van der Waals surface area contributed by atoms with Gasteiger partial charge in [0.05, 0.1) is 0 Å². The van der Waals surface area contributed by atoms with E-state index in [0.717, 1.165) is 19.3 Å². The van der Waals surface area contributed by atoms with Crippen molar-refractivity contribution < 1.29 is 9.59 Å². The van der Waals surface area contributed by atoms with Gasteiger partial charge in [-0.15, -0.1) is 12.4 Å². The third kappa shape index (κ3) is 5.44. The summed E-state index contributed by atoms with van der Waals surface area (Å²) in [4.78, 5) is 28.9. The fourth-order valence-corrected chi connectivity index (χ4v) is 3.05. The van der Waals surface area contributed by atoms with Gasteiger partial charge in [-0.2, -0.15) is 0 Å². The van der Waals surface area contributed by atoms with Crippen molar-refractivity contribution >= 4 is 24.2 Å². The fourth-order valence-electron chi connectivity index (χ4n) is 3.05. The normalized spacial score (nSPS) is 18.0. The first-order valence-electron chi connectivity index (χ1n) is 8.78. The van der Waals surface area contributed by atoms with Crippen molar-refractivity contribution in [1.82, 2.24) is 9.80 Å². The van der Waals surface area contributed by atoms with Crippen LogP contribution in [-0.4, -0.2) is 53.8 Å². The average molecular weight is 368 g/mol. The third-order valence-electron chi connectivity index (χ3n) is 4.85. The number of carbonyl (C=O) groups is 2. The van der Waals surface area contributed by atoms with E-state index in [1.165, 1.54) is 0 Å². The van der Waals surface area contributed by atoms with Crippen molar-refractivity contribution in [2.75, 3.05) is 20.1 Å². The van der Waals surface area contributed by atoms with E-state index in [9.17, 15) is 9.59 Å². The Bertz CT molecular complexity index is 565. The maximum atomic E-state index is 12.8. The van der Waals surface area contributed by atoms with E-state index >= 15 is 0 Å². The Morgan fingerprint density at radius 1 is 1.28 bits per heavy atom. The van der Waals surface area contributed by atoms with Gasteiger partial charge in [0.2, 0.25) is 5.91 Å².